The predicted molar refractivity (Wildman–Crippen MR) is 83.0 cm³/mol. The fourth-order valence-electron chi connectivity index (χ4n) is 2.91. The van der Waals surface area contributed by atoms with Crippen molar-refractivity contribution in [3.05, 3.63) is 16.0 Å². The number of ether oxygens (including phenoxy) is 1. The van der Waals surface area contributed by atoms with Crippen LogP contribution in [0.5, 0.6) is 0 Å². The molecule has 1 unspecified atom stereocenters. The van der Waals surface area contributed by atoms with E-state index in [1.807, 2.05) is 6.92 Å². The minimum absolute atomic E-state index is 0.0480. The minimum Gasteiger partial charge on any atom is -0.462 e. The highest BCUT2D eigenvalue weighted by Gasteiger charge is 2.34. The van der Waals surface area contributed by atoms with Crippen molar-refractivity contribution >= 4 is 28.2 Å². The Bertz CT molecular complexity index is 574. The Kier molecular flexibility index (Phi) is 4.02. The molecule has 0 saturated heterocycles. The summed E-state index contributed by atoms with van der Waals surface area (Å²) in [5.74, 6) is 0.345. The lowest BCUT2D eigenvalue weighted by molar-refractivity contribution is -0.117. The Morgan fingerprint density at radius 2 is 2.10 bits per heavy atom. The molecule has 0 aromatic carbocycles. The number of thiophene rings is 1. The molecule has 1 saturated carbocycles. The summed E-state index contributed by atoms with van der Waals surface area (Å²) in [5.41, 5.74) is 1.71. The lowest BCUT2D eigenvalue weighted by Gasteiger charge is -2.18. The van der Waals surface area contributed by atoms with Gasteiger partial charge in [0.05, 0.1) is 12.2 Å². The van der Waals surface area contributed by atoms with Crippen LogP contribution in [0, 0.1) is 5.92 Å². The number of amides is 1. The van der Waals surface area contributed by atoms with Gasteiger partial charge in [-0.15, -0.1) is 11.3 Å². The predicted octanol–water partition coefficient (Wildman–Crippen LogP) is 3.71. The molecule has 21 heavy (non-hydrogen) atoms. The second-order valence-corrected chi connectivity index (χ2v) is 6.98. The molecule has 0 bridgehead atoms. The van der Waals surface area contributed by atoms with Crippen LogP contribution in [0.25, 0.3) is 0 Å². The van der Waals surface area contributed by atoms with Crippen molar-refractivity contribution in [2.45, 2.75) is 51.9 Å². The van der Waals surface area contributed by atoms with Crippen LogP contribution in [0.15, 0.2) is 0 Å². The number of hydrogen-bond acceptors (Lipinski definition) is 4. The maximum Gasteiger partial charge on any atom is 0.341 e. The summed E-state index contributed by atoms with van der Waals surface area (Å²) in [4.78, 5) is 25.6. The van der Waals surface area contributed by atoms with E-state index in [1.54, 1.807) is 11.3 Å². The molecule has 1 fully saturated rings. The van der Waals surface area contributed by atoms with Crippen LogP contribution in [0.1, 0.15) is 66.2 Å². The van der Waals surface area contributed by atoms with Crippen molar-refractivity contribution in [2.75, 3.05) is 11.9 Å². The van der Waals surface area contributed by atoms with Crippen molar-refractivity contribution in [3.8, 4) is 0 Å². The number of anilines is 1. The van der Waals surface area contributed by atoms with E-state index in [2.05, 4.69) is 12.2 Å². The third-order valence-electron chi connectivity index (χ3n) is 4.21. The highest BCUT2D eigenvalue weighted by molar-refractivity contribution is 7.17. The third-order valence-corrected chi connectivity index (χ3v) is 5.59. The van der Waals surface area contributed by atoms with Gasteiger partial charge in [0.25, 0.3) is 0 Å². The van der Waals surface area contributed by atoms with E-state index in [9.17, 15) is 9.59 Å². The smallest absolute Gasteiger partial charge is 0.341 e. The first kappa shape index (κ1) is 14.6. The molecular formula is C16H21NO3S. The van der Waals surface area contributed by atoms with Crippen molar-refractivity contribution in [1.82, 2.24) is 0 Å². The van der Waals surface area contributed by atoms with Gasteiger partial charge in [0, 0.05) is 10.8 Å². The quantitative estimate of drug-likeness (QED) is 0.863. The second kappa shape index (κ2) is 5.79. The molecular weight excluding hydrogens is 286 g/mol. The summed E-state index contributed by atoms with van der Waals surface area (Å²) >= 11 is 1.56. The fraction of sp³-hybridized carbons (Fsp3) is 0.625. The second-order valence-electron chi connectivity index (χ2n) is 5.93. The average Bonchev–Trinajstić information content (AvgIpc) is 3.22. The standard InChI is InChI=1S/C16H21NO3S/c1-3-20-16(19)12-11-6-4-5-9(2)13(11)21-15(12)17-14(18)10-7-8-10/h9-10H,3-8H2,1-2H3,(H,17,18). The van der Waals surface area contributed by atoms with Gasteiger partial charge in [-0.05, 0) is 50.5 Å². The minimum atomic E-state index is -0.296. The summed E-state index contributed by atoms with van der Waals surface area (Å²) in [6.07, 6.45) is 5.06. The summed E-state index contributed by atoms with van der Waals surface area (Å²) in [7, 11) is 0. The Morgan fingerprint density at radius 1 is 1.33 bits per heavy atom. The van der Waals surface area contributed by atoms with Gasteiger partial charge >= 0.3 is 5.97 Å². The topological polar surface area (TPSA) is 55.4 Å². The Hall–Kier alpha value is -1.36. The number of esters is 1. The largest absolute Gasteiger partial charge is 0.462 e. The van der Waals surface area contributed by atoms with E-state index >= 15 is 0 Å². The molecule has 1 N–H and O–H groups in total. The van der Waals surface area contributed by atoms with E-state index in [1.165, 1.54) is 4.88 Å². The molecule has 1 aromatic heterocycles. The SMILES string of the molecule is CCOC(=O)c1c(NC(=O)C2CC2)sc2c1CCCC2C. The molecule has 2 aliphatic carbocycles. The maximum atomic E-state index is 12.3. The zero-order valence-electron chi connectivity index (χ0n) is 12.5. The van der Waals surface area contributed by atoms with Crippen LogP contribution in [-0.4, -0.2) is 18.5 Å². The van der Waals surface area contributed by atoms with Gasteiger partial charge in [0.15, 0.2) is 0 Å². The van der Waals surface area contributed by atoms with Gasteiger partial charge in [0.1, 0.15) is 5.00 Å². The third kappa shape index (κ3) is 2.84. The molecule has 4 nitrogen and oxygen atoms in total. The van der Waals surface area contributed by atoms with Crippen molar-refractivity contribution in [2.24, 2.45) is 5.92 Å². The lowest BCUT2D eigenvalue weighted by atomic mass is 9.88. The van der Waals surface area contributed by atoms with Gasteiger partial charge in [-0.25, -0.2) is 4.79 Å². The van der Waals surface area contributed by atoms with E-state index < -0.39 is 0 Å². The lowest BCUT2D eigenvalue weighted by Crippen LogP contribution is -2.16. The first-order valence-corrected chi connectivity index (χ1v) is 8.57. The van der Waals surface area contributed by atoms with Crippen LogP contribution in [0.4, 0.5) is 5.00 Å². The van der Waals surface area contributed by atoms with Crippen LogP contribution in [-0.2, 0) is 16.0 Å². The van der Waals surface area contributed by atoms with Gasteiger partial charge in [-0.3, -0.25) is 4.79 Å². The number of nitrogens with one attached hydrogen (secondary N) is 1. The van der Waals surface area contributed by atoms with Gasteiger partial charge in [-0.1, -0.05) is 6.92 Å². The molecule has 1 aromatic rings. The molecule has 1 heterocycles. The Labute approximate surface area is 128 Å². The monoisotopic (exact) mass is 307 g/mol. The summed E-state index contributed by atoms with van der Waals surface area (Å²) in [6, 6.07) is 0. The van der Waals surface area contributed by atoms with Gasteiger partial charge in [-0.2, -0.15) is 0 Å². The van der Waals surface area contributed by atoms with Crippen molar-refractivity contribution in [1.29, 1.82) is 0 Å². The van der Waals surface area contributed by atoms with Gasteiger partial charge in [0.2, 0.25) is 5.91 Å². The molecule has 0 radical (unpaired) electrons. The molecule has 5 heteroatoms. The zero-order valence-corrected chi connectivity index (χ0v) is 13.3. The molecule has 0 spiro atoms. The number of rotatable bonds is 4. The zero-order chi connectivity index (χ0) is 15.0. The number of carbonyl (C=O) groups is 2. The molecule has 2 aliphatic rings. The molecule has 0 aliphatic heterocycles. The van der Waals surface area contributed by atoms with Crippen LogP contribution < -0.4 is 5.32 Å². The first-order chi connectivity index (χ1) is 10.1. The summed E-state index contributed by atoms with van der Waals surface area (Å²) in [5, 5.41) is 3.67. The fourth-order valence-corrected chi connectivity index (χ4v) is 4.24. The summed E-state index contributed by atoms with van der Waals surface area (Å²) < 4.78 is 5.20. The number of hydrogen-bond donors (Lipinski definition) is 1. The molecule has 1 atom stereocenters. The number of carbonyl (C=O) groups excluding carboxylic acids is 2. The van der Waals surface area contributed by atoms with Crippen LogP contribution >= 0.6 is 11.3 Å². The van der Waals surface area contributed by atoms with Crippen molar-refractivity contribution in [3.63, 3.8) is 0 Å². The number of fused-ring (bicyclic) bond motifs is 1. The van der Waals surface area contributed by atoms with Gasteiger partial charge < -0.3 is 10.1 Å². The molecule has 3 rings (SSSR count). The van der Waals surface area contributed by atoms with E-state index in [-0.39, 0.29) is 17.8 Å². The van der Waals surface area contributed by atoms with Crippen molar-refractivity contribution < 1.29 is 14.3 Å². The highest BCUT2D eigenvalue weighted by Crippen LogP contribution is 2.44. The van der Waals surface area contributed by atoms with E-state index in [4.69, 9.17) is 4.74 Å². The molecule has 1 amide bonds. The van der Waals surface area contributed by atoms with E-state index in [0.29, 0.717) is 23.1 Å². The normalized spacial score (nSPS) is 20.8. The average molecular weight is 307 g/mol. The maximum absolute atomic E-state index is 12.3. The Balaban J connectivity index is 1.96. The van der Waals surface area contributed by atoms with Crippen LogP contribution in [0.2, 0.25) is 0 Å². The summed E-state index contributed by atoms with van der Waals surface area (Å²) in [6.45, 7) is 4.35. The van der Waals surface area contributed by atoms with Crippen LogP contribution in [0.3, 0.4) is 0 Å². The highest BCUT2D eigenvalue weighted by atomic mass is 32.1. The van der Waals surface area contributed by atoms with E-state index in [0.717, 1.165) is 37.7 Å². The first-order valence-electron chi connectivity index (χ1n) is 7.75. The molecule has 114 valence electrons. The Morgan fingerprint density at radius 3 is 2.76 bits per heavy atom.